The third-order valence-corrected chi connectivity index (χ3v) is 3.27. The molecule has 0 amide bonds. The van der Waals surface area contributed by atoms with Gasteiger partial charge in [-0.2, -0.15) is 0 Å². The Balaban J connectivity index is 1.74. The summed E-state index contributed by atoms with van der Waals surface area (Å²) < 4.78 is 0. The van der Waals surface area contributed by atoms with Crippen LogP contribution in [0.15, 0.2) is 54.6 Å². The Hall–Kier alpha value is -1.80. The molecule has 0 spiro atoms. The molecule has 0 aliphatic carbocycles. The van der Waals surface area contributed by atoms with Gasteiger partial charge in [0, 0.05) is 12.6 Å². The van der Waals surface area contributed by atoms with Crippen molar-refractivity contribution in [2.24, 2.45) is 0 Å². The lowest BCUT2D eigenvalue weighted by atomic mass is 10.1. The number of benzene rings is 2. The molecule has 19 heavy (non-hydrogen) atoms. The van der Waals surface area contributed by atoms with Crippen molar-refractivity contribution in [3.05, 3.63) is 65.7 Å². The van der Waals surface area contributed by atoms with E-state index in [1.54, 1.807) is 12.1 Å². The van der Waals surface area contributed by atoms with E-state index in [1.807, 2.05) is 18.2 Å². The van der Waals surface area contributed by atoms with E-state index in [4.69, 9.17) is 0 Å². The molecule has 2 heteroatoms. The zero-order valence-electron chi connectivity index (χ0n) is 11.3. The fourth-order valence-electron chi connectivity index (χ4n) is 2.09. The van der Waals surface area contributed by atoms with E-state index in [2.05, 4.69) is 36.5 Å². The molecule has 0 radical (unpaired) electrons. The van der Waals surface area contributed by atoms with E-state index in [0.717, 1.165) is 24.9 Å². The van der Waals surface area contributed by atoms with Gasteiger partial charge in [0.05, 0.1) is 0 Å². The monoisotopic (exact) mass is 255 g/mol. The fourth-order valence-corrected chi connectivity index (χ4v) is 2.09. The zero-order chi connectivity index (χ0) is 13.5. The van der Waals surface area contributed by atoms with Crippen LogP contribution in [-0.4, -0.2) is 11.1 Å². The topological polar surface area (TPSA) is 32.3 Å². The highest BCUT2D eigenvalue weighted by molar-refractivity contribution is 5.26. The van der Waals surface area contributed by atoms with Crippen molar-refractivity contribution >= 4 is 0 Å². The molecule has 0 aromatic heterocycles. The highest BCUT2D eigenvalue weighted by atomic mass is 16.3. The molecule has 1 atom stereocenters. The van der Waals surface area contributed by atoms with Crippen molar-refractivity contribution in [1.29, 1.82) is 0 Å². The molecule has 0 aliphatic heterocycles. The third kappa shape index (κ3) is 4.76. The normalized spacial score (nSPS) is 12.3. The summed E-state index contributed by atoms with van der Waals surface area (Å²) in [4.78, 5) is 0. The molecule has 1 unspecified atom stereocenters. The van der Waals surface area contributed by atoms with Gasteiger partial charge in [-0.15, -0.1) is 0 Å². The Bertz CT molecular complexity index is 496. The van der Waals surface area contributed by atoms with Crippen LogP contribution in [0.25, 0.3) is 0 Å². The maximum absolute atomic E-state index is 9.40. The van der Waals surface area contributed by atoms with Crippen molar-refractivity contribution in [1.82, 2.24) is 5.32 Å². The Kier molecular flexibility index (Phi) is 4.99. The summed E-state index contributed by atoms with van der Waals surface area (Å²) in [6.45, 7) is 3.00. The van der Waals surface area contributed by atoms with Crippen LogP contribution in [-0.2, 0) is 13.0 Å². The molecule has 0 saturated heterocycles. The molecule has 2 N–H and O–H groups in total. The number of phenols is 1. The van der Waals surface area contributed by atoms with Crippen molar-refractivity contribution in [2.45, 2.75) is 32.4 Å². The molecule has 0 heterocycles. The number of hydrogen-bond acceptors (Lipinski definition) is 2. The van der Waals surface area contributed by atoms with Crippen LogP contribution in [0.5, 0.6) is 5.75 Å². The number of phenolic OH excluding ortho intramolecular Hbond substituents is 1. The first-order valence-corrected chi connectivity index (χ1v) is 6.79. The standard InChI is InChI=1S/C17H21NO/c1-14(10-11-15-6-3-2-4-7-15)18-13-16-8-5-9-17(19)12-16/h2-9,12,14,18-19H,10-11,13H2,1H3. The molecule has 0 aliphatic rings. The largest absolute Gasteiger partial charge is 0.508 e. The minimum Gasteiger partial charge on any atom is -0.508 e. The Morgan fingerprint density at radius 2 is 1.74 bits per heavy atom. The van der Waals surface area contributed by atoms with Gasteiger partial charge in [0.2, 0.25) is 0 Å². The van der Waals surface area contributed by atoms with Crippen molar-refractivity contribution in [2.75, 3.05) is 0 Å². The molecular formula is C17H21NO. The number of aromatic hydroxyl groups is 1. The number of hydrogen-bond donors (Lipinski definition) is 2. The second-order valence-corrected chi connectivity index (χ2v) is 4.98. The fraction of sp³-hybridized carbons (Fsp3) is 0.294. The van der Waals surface area contributed by atoms with Gasteiger partial charge in [-0.05, 0) is 43.0 Å². The van der Waals surface area contributed by atoms with Gasteiger partial charge in [-0.1, -0.05) is 42.5 Å². The van der Waals surface area contributed by atoms with Gasteiger partial charge in [-0.3, -0.25) is 0 Å². The molecule has 2 nitrogen and oxygen atoms in total. The van der Waals surface area contributed by atoms with Crippen molar-refractivity contribution < 1.29 is 5.11 Å². The summed E-state index contributed by atoms with van der Waals surface area (Å²) in [5, 5.41) is 12.9. The van der Waals surface area contributed by atoms with Crippen LogP contribution in [0.3, 0.4) is 0 Å². The molecule has 2 rings (SSSR count). The van der Waals surface area contributed by atoms with Crippen LogP contribution < -0.4 is 5.32 Å². The SMILES string of the molecule is CC(CCc1ccccc1)NCc1cccc(O)c1. The predicted octanol–water partition coefficient (Wildman–Crippen LogP) is 3.50. The van der Waals surface area contributed by atoms with E-state index in [-0.39, 0.29) is 0 Å². The minimum absolute atomic E-state index is 0.330. The quantitative estimate of drug-likeness (QED) is 0.828. The van der Waals surface area contributed by atoms with Gasteiger partial charge in [-0.25, -0.2) is 0 Å². The summed E-state index contributed by atoms with van der Waals surface area (Å²) in [7, 11) is 0. The first-order valence-electron chi connectivity index (χ1n) is 6.79. The lowest BCUT2D eigenvalue weighted by Crippen LogP contribution is -2.25. The minimum atomic E-state index is 0.330. The number of aryl methyl sites for hydroxylation is 1. The maximum Gasteiger partial charge on any atom is 0.115 e. The molecular weight excluding hydrogens is 234 g/mol. The highest BCUT2D eigenvalue weighted by Crippen LogP contribution is 2.11. The predicted molar refractivity (Wildman–Crippen MR) is 79.2 cm³/mol. The first-order chi connectivity index (χ1) is 9.24. The highest BCUT2D eigenvalue weighted by Gasteiger charge is 2.02. The summed E-state index contributed by atoms with van der Waals surface area (Å²) in [5.74, 6) is 0.330. The molecule has 0 saturated carbocycles. The van der Waals surface area contributed by atoms with Crippen LogP contribution in [0.1, 0.15) is 24.5 Å². The lowest BCUT2D eigenvalue weighted by Gasteiger charge is -2.14. The van der Waals surface area contributed by atoms with Gasteiger partial charge in [0.15, 0.2) is 0 Å². The number of nitrogens with one attached hydrogen (secondary N) is 1. The molecule has 2 aromatic carbocycles. The lowest BCUT2D eigenvalue weighted by molar-refractivity contribution is 0.472. The Labute approximate surface area is 115 Å². The summed E-state index contributed by atoms with van der Waals surface area (Å²) in [6.07, 6.45) is 2.21. The molecule has 2 aromatic rings. The Morgan fingerprint density at radius 1 is 1.00 bits per heavy atom. The zero-order valence-corrected chi connectivity index (χ0v) is 11.3. The van der Waals surface area contributed by atoms with Crippen molar-refractivity contribution in [3.63, 3.8) is 0 Å². The maximum atomic E-state index is 9.40. The van der Waals surface area contributed by atoms with Gasteiger partial charge in [0.1, 0.15) is 5.75 Å². The Morgan fingerprint density at radius 3 is 2.47 bits per heavy atom. The summed E-state index contributed by atoms with van der Waals surface area (Å²) in [5.41, 5.74) is 2.50. The van der Waals surface area contributed by atoms with Crippen LogP contribution in [0, 0.1) is 0 Å². The average Bonchev–Trinajstić information content (AvgIpc) is 2.44. The van der Waals surface area contributed by atoms with E-state index >= 15 is 0 Å². The molecule has 0 fully saturated rings. The van der Waals surface area contributed by atoms with Gasteiger partial charge >= 0.3 is 0 Å². The van der Waals surface area contributed by atoms with Crippen molar-refractivity contribution in [3.8, 4) is 5.75 Å². The van der Waals surface area contributed by atoms with E-state index in [9.17, 15) is 5.11 Å². The van der Waals surface area contributed by atoms with E-state index in [1.165, 1.54) is 5.56 Å². The van der Waals surface area contributed by atoms with Crippen LogP contribution in [0.4, 0.5) is 0 Å². The summed E-state index contributed by atoms with van der Waals surface area (Å²) in [6, 6.07) is 18.4. The second-order valence-electron chi connectivity index (χ2n) is 4.98. The summed E-state index contributed by atoms with van der Waals surface area (Å²) >= 11 is 0. The van der Waals surface area contributed by atoms with Gasteiger partial charge < -0.3 is 10.4 Å². The average molecular weight is 255 g/mol. The van der Waals surface area contributed by atoms with Crippen LogP contribution >= 0.6 is 0 Å². The van der Waals surface area contributed by atoms with Gasteiger partial charge in [0.25, 0.3) is 0 Å². The van der Waals surface area contributed by atoms with E-state index in [0.29, 0.717) is 11.8 Å². The second kappa shape index (κ2) is 6.95. The smallest absolute Gasteiger partial charge is 0.115 e. The molecule has 100 valence electrons. The number of rotatable bonds is 6. The third-order valence-electron chi connectivity index (χ3n) is 3.27. The first kappa shape index (κ1) is 13.6. The van der Waals surface area contributed by atoms with E-state index < -0.39 is 0 Å². The molecule has 0 bridgehead atoms. The van der Waals surface area contributed by atoms with Crippen LogP contribution in [0.2, 0.25) is 0 Å².